The van der Waals surface area contributed by atoms with Crippen LogP contribution in [0.3, 0.4) is 0 Å². The number of esters is 1. The predicted octanol–water partition coefficient (Wildman–Crippen LogP) is 2.59. The van der Waals surface area contributed by atoms with E-state index in [1.165, 1.54) is 6.07 Å². The first kappa shape index (κ1) is 18.3. The molecule has 138 valence electrons. The van der Waals surface area contributed by atoms with Crippen molar-refractivity contribution in [2.24, 2.45) is 0 Å². The van der Waals surface area contributed by atoms with E-state index < -0.39 is 5.97 Å². The summed E-state index contributed by atoms with van der Waals surface area (Å²) >= 11 is 0. The molecule has 26 heavy (non-hydrogen) atoms. The molecule has 1 saturated heterocycles. The van der Waals surface area contributed by atoms with Gasteiger partial charge < -0.3 is 15.0 Å². The third-order valence-corrected chi connectivity index (χ3v) is 4.51. The van der Waals surface area contributed by atoms with Gasteiger partial charge in [0, 0.05) is 31.9 Å². The minimum absolute atomic E-state index is 0.242. The Balaban J connectivity index is 1.59. The second-order valence-electron chi connectivity index (χ2n) is 6.27. The van der Waals surface area contributed by atoms with Crippen LogP contribution in [-0.4, -0.2) is 43.7 Å². The number of aromatic nitrogens is 1. The molecule has 3 rings (SSSR count). The highest BCUT2D eigenvalue weighted by molar-refractivity contribution is 5.89. The van der Waals surface area contributed by atoms with Crippen molar-refractivity contribution in [2.75, 3.05) is 37.7 Å². The Hall–Kier alpha value is -2.47. The molecule has 2 heterocycles. The summed E-state index contributed by atoms with van der Waals surface area (Å²) in [6, 6.07) is 8.58. The van der Waals surface area contributed by atoms with Gasteiger partial charge in [-0.1, -0.05) is 6.07 Å². The summed E-state index contributed by atoms with van der Waals surface area (Å²) in [5.74, 6) is -0.879. The van der Waals surface area contributed by atoms with E-state index in [1.54, 1.807) is 19.1 Å². The second-order valence-corrected chi connectivity index (χ2v) is 6.27. The number of hydrogen-bond acceptors (Lipinski definition) is 5. The second kappa shape index (κ2) is 8.76. The van der Waals surface area contributed by atoms with Crippen molar-refractivity contribution < 1.29 is 13.9 Å². The molecule has 1 aliphatic rings. The maximum absolute atomic E-state index is 14.2. The Morgan fingerprint density at radius 1 is 1.23 bits per heavy atom. The smallest absolute Gasteiger partial charge is 0.338 e. The molecule has 1 aliphatic heterocycles. The summed E-state index contributed by atoms with van der Waals surface area (Å²) in [6.45, 7) is 5.95. The van der Waals surface area contributed by atoms with Gasteiger partial charge in [0.25, 0.3) is 0 Å². The molecular weight excluding hydrogens is 333 g/mol. The van der Waals surface area contributed by atoms with Crippen molar-refractivity contribution in [1.29, 1.82) is 0 Å². The maximum Gasteiger partial charge on any atom is 0.338 e. The van der Waals surface area contributed by atoms with Gasteiger partial charge in [-0.05, 0) is 49.6 Å². The third kappa shape index (κ3) is 4.58. The molecule has 0 saturated carbocycles. The molecule has 6 heteroatoms. The van der Waals surface area contributed by atoms with E-state index >= 15 is 0 Å². The fourth-order valence-electron chi connectivity index (χ4n) is 3.03. The van der Waals surface area contributed by atoms with E-state index in [0.717, 1.165) is 37.6 Å². The number of nitrogens with zero attached hydrogens (tertiary/aromatic N) is 2. The summed E-state index contributed by atoms with van der Waals surface area (Å²) in [7, 11) is 0. The molecule has 2 aromatic rings. The number of hydrogen-bond donors (Lipinski definition) is 1. The van der Waals surface area contributed by atoms with Crippen LogP contribution in [-0.2, 0) is 17.6 Å². The summed E-state index contributed by atoms with van der Waals surface area (Å²) in [6.07, 6.45) is 3.08. The molecule has 1 aromatic heterocycles. The number of carbonyl (C=O) groups excluding carboxylic acids is 1. The van der Waals surface area contributed by atoms with Crippen LogP contribution in [0, 0.1) is 5.82 Å². The average Bonchev–Trinajstić information content (AvgIpc) is 2.68. The summed E-state index contributed by atoms with van der Waals surface area (Å²) in [5, 5.41) is 3.33. The number of ether oxygens (including phenoxy) is 1. The Kier molecular flexibility index (Phi) is 6.17. The van der Waals surface area contributed by atoms with Crippen LogP contribution < -0.4 is 10.2 Å². The summed E-state index contributed by atoms with van der Waals surface area (Å²) < 4.78 is 19.1. The topological polar surface area (TPSA) is 54.5 Å². The van der Waals surface area contributed by atoms with Crippen molar-refractivity contribution in [3.8, 4) is 0 Å². The van der Waals surface area contributed by atoms with Gasteiger partial charge in [-0.3, -0.25) is 4.98 Å². The van der Waals surface area contributed by atoms with Crippen molar-refractivity contribution >= 4 is 11.7 Å². The number of benzene rings is 1. The van der Waals surface area contributed by atoms with E-state index in [1.807, 2.05) is 12.3 Å². The van der Waals surface area contributed by atoms with Crippen LogP contribution in [0.2, 0.25) is 0 Å². The van der Waals surface area contributed by atoms with Gasteiger partial charge in [-0.2, -0.15) is 0 Å². The first-order chi connectivity index (χ1) is 12.7. The lowest BCUT2D eigenvalue weighted by Gasteiger charge is -2.29. The number of aryl methyl sites for hydroxylation is 2. The fraction of sp³-hybridized carbons (Fsp3) is 0.400. The number of pyridine rings is 1. The minimum Gasteiger partial charge on any atom is -0.462 e. The van der Waals surface area contributed by atoms with Gasteiger partial charge in [-0.25, -0.2) is 9.18 Å². The van der Waals surface area contributed by atoms with Crippen molar-refractivity contribution in [3.05, 3.63) is 59.2 Å². The standard InChI is InChI=1S/C20H24FN3O2/c1-2-26-20(25)16-4-3-15(19(21)13-16)5-6-17-7-8-18(14-23-17)24-11-9-22-10-12-24/h3-4,7-8,13-14,22H,2,5-6,9-12H2,1H3. The van der Waals surface area contributed by atoms with Gasteiger partial charge in [0.15, 0.2) is 0 Å². The van der Waals surface area contributed by atoms with Crippen molar-refractivity contribution in [1.82, 2.24) is 10.3 Å². The van der Waals surface area contributed by atoms with Crippen LogP contribution in [0.15, 0.2) is 36.5 Å². The van der Waals surface area contributed by atoms with Crippen molar-refractivity contribution in [2.45, 2.75) is 19.8 Å². The molecule has 0 bridgehead atoms. The Labute approximate surface area is 153 Å². The van der Waals surface area contributed by atoms with Gasteiger partial charge in [0.1, 0.15) is 5.82 Å². The first-order valence-corrected chi connectivity index (χ1v) is 9.03. The molecule has 0 radical (unpaired) electrons. The van der Waals surface area contributed by atoms with E-state index in [4.69, 9.17) is 4.74 Å². The van der Waals surface area contributed by atoms with Crippen LogP contribution >= 0.6 is 0 Å². The largest absolute Gasteiger partial charge is 0.462 e. The SMILES string of the molecule is CCOC(=O)c1ccc(CCc2ccc(N3CCNCC3)cn2)c(F)c1. The highest BCUT2D eigenvalue weighted by atomic mass is 19.1. The monoisotopic (exact) mass is 357 g/mol. The van der Waals surface area contributed by atoms with Crippen molar-refractivity contribution in [3.63, 3.8) is 0 Å². The van der Waals surface area contributed by atoms with Crippen LogP contribution in [0.5, 0.6) is 0 Å². The predicted molar refractivity (Wildman–Crippen MR) is 99.1 cm³/mol. The Morgan fingerprint density at radius 3 is 2.69 bits per heavy atom. The van der Waals surface area contributed by atoms with Gasteiger partial charge >= 0.3 is 5.97 Å². The number of nitrogens with one attached hydrogen (secondary N) is 1. The molecule has 0 amide bonds. The van der Waals surface area contributed by atoms with E-state index in [-0.39, 0.29) is 18.0 Å². The number of rotatable bonds is 6. The molecule has 1 fully saturated rings. The molecule has 0 aliphatic carbocycles. The molecule has 0 spiro atoms. The molecule has 5 nitrogen and oxygen atoms in total. The normalized spacial score (nSPS) is 14.3. The van der Waals surface area contributed by atoms with Crippen LogP contribution in [0.4, 0.5) is 10.1 Å². The average molecular weight is 357 g/mol. The molecule has 0 atom stereocenters. The Morgan fingerprint density at radius 2 is 2.04 bits per heavy atom. The van der Waals surface area contributed by atoms with E-state index in [2.05, 4.69) is 21.3 Å². The highest BCUT2D eigenvalue weighted by Crippen LogP contribution is 2.17. The van der Waals surface area contributed by atoms with Gasteiger partial charge in [-0.15, -0.1) is 0 Å². The quantitative estimate of drug-likeness (QED) is 0.806. The third-order valence-electron chi connectivity index (χ3n) is 4.51. The molecule has 1 aromatic carbocycles. The zero-order valence-electron chi connectivity index (χ0n) is 15.0. The summed E-state index contributed by atoms with van der Waals surface area (Å²) in [5.41, 5.74) is 2.87. The first-order valence-electron chi connectivity index (χ1n) is 9.03. The zero-order chi connectivity index (χ0) is 18.4. The number of carbonyl (C=O) groups is 1. The van der Waals surface area contributed by atoms with Gasteiger partial charge in [0.2, 0.25) is 0 Å². The molecular formula is C20H24FN3O2. The lowest BCUT2D eigenvalue weighted by Crippen LogP contribution is -2.43. The Bertz CT molecular complexity index is 743. The lowest BCUT2D eigenvalue weighted by molar-refractivity contribution is 0.0526. The molecule has 0 unspecified atom stereocenters. The summed E-state index contributed by atoms with van der Waals surface area (Å²) in [4.78, 5) is 18.5. The number of piperazine rings is 1. The zero-order valence-corrected chi connectivity index (χ0v) is 15.0. The molecule has 1 N–H and O–H groups in total. The van der Waals surface area contributed by atoms with Crippen LogP contribution in [0.1, 0.15) is 28.5 Å². The van der Waals surface area contributed by atoms with Crippen LogP contribution in [0.25, 0.3) is 0 Å². The van der Waals surface area contributed by atoms with E-state index in [0.29, 0.717) is 18.4 Å². The number of halogens is 1. The highest BCUT2D eigenvalue weighted by Gasteiger charge is 2.12. The minimum atomic E-state index is -0.497. The maximum atomic E-state index is 14.2. The van der Waals surface area contributed by atoms with Gasteiger partial charge in [0.05, 0.1) is 24.1 Å². The number of anilines is 1. The fourth-order valence-corrected chi connectivity index (χ4v) is 3.03. The van der Waals surface area contributed by atoms with E-state index in [9.17, 15) is 9.18 Å². The lowest BCUT2D eigenvalue weighted by atomic mass is 10.0.